The van der Waals surface area contributed by atoms with Gasteiger partial charge in [0.1, 0.15) is 17.1 Å². The molecule has 1 amide bonds. The molecule has 202 valence electrons. The van der Waals surface area contributed by atoms with Crippen molar-refractivity contribution in [3.63, 3.8) is 0 Å². The van der Waals surface area contributed by atoms with Crippen molar-refractivity contribution in [3.8, 4) is 17.2 Å². The van der Waals surface area contributed by atoms with E-state index in [-0.39, 0.29) is 17.0 Å². The van der Waals surface area contributed by atoms with Crippen LogP contribution < -0.4 is 25.3 Å². The van der Waals surface area contributed by atoms with Crippen molar-refractivity contribution in [3.05, 3.63) is 107 Å². The Kier molecular flexibility index (Phi) is 8.15. The van der Waals surface area contributed by atoms with E-state index in [0.717, 1.165) is 21.5 Å². The van der Waals surface area contributed by atoms with E-state index in [0.29, 0.717) is 41.7 Å². The van der Waals surface area contributed by atoms with Gasteiger partial charge in [-0.15, -0.1) is 0 Å². The molecule has 0 heterocycles. The van der Waals surface area contributed by atoms with Crippen molar-refractivity contribution in [1.82, 2.24) is 0 Å². The number of halogens is 1. The van der Waals surface area contributed by atoms with Gasteiger partial charge < -0.3 is 25.3 Å². The Balaban J connectivity index is 1.46. The lowest BCUT2D eigenvalue weighted by Crippen LogP contribution is -2.16. The zero-order valence-electron chi connectivity index (χ0n) is 21.8. The maximum Gasteiger partial charge on any atom is 0.347 e. The number of carbonyl (C=O) groups excluding carboxylic acids is 2. The van der Waals surface area contributed by atoms with Crippen molar-refractivity contribution in [2.75, 3.05) is 25.6 Å². The molecular formula is C32H27ClN2O5. The first-order valence-electron chi connectivity index (χ1n) is 12.7. The third-order valence-corrected chi connectivity index (χ3v) is 6.62. The van der Waals surface area contributed by atoms with Gasteiger partial charge in [-0.2, -0.15) is 0 Å². The molecule has 3 N–H and O–H groups in total. The molecule has 0 unspecified atom stereocenters. The molecule has 0 aliphatic rings. The quantitative estimate of drug-likeness (QED) is 0.117. The summed E-state index contributed by atoms with van der Waals surface area (Å²) in [5, 5.41) is 6.77. The average Bonchev–Trinajstić information content (AvgIpc) is 2.97. The van der Waals surface area contributed by atoms with Crippen LogP contribution in [0.3, 0.4) is 0 Å². The average molecular weight is 555 g/mol. The van der Waals surface area contributed by atoms with Gasteiger partial charge in [0.15, 0.2) is 5.75 Å². The van der Waals surface area contributed by atoms with E-state index < -0.39 is 11.9 Å². The predicted octanol–water partition coefficient (Wildman–Crippen LogP) is 6.85. The van der Waals surface area contributed by atoms with Crippen LogP contribution in [0, 0.1) is 0 Å². The first-order chi connectivity index (χ1) is 19.5. The molecule has 5 rings (SSSR count). The molecule has 0 atom stereocenters. The molecule has 5 aromatic rings. The zero-order chi connectivity index (χ0) is 28.1. The number of nitrogens with one attached hydrogen (secondary N) is 1. The summed E-state index contributed by atoms with van der Waals surface area (Å²) < 4.78 is 17.2. The molecule has 0 radical (unpaired) electrons. The minimum Gasteiger partial charge on any atom is -0.496 e. The van der Waals surface area contributed by atoms with Crippen molar-refractivity contribution < 1.29 is 23.8 Å². The van der Waals surface area contributed by atoms with Crippen LogP contribution in [0.15, 0.2) is 91.0 Å². The Bertz CT molecular complexity index is 1720. The standard InChI is InChI=1S/C32H27ClN2O5/c1-38-28-17-22-9-4-2-7-20(22)15-25(28)31(36)35-27-12-11-24(33)19-30(27)40-32(37)26-16-21-8-3-5-10-23(21)18-29(26)39-14-6-13-34/h2-5,7-12,15-19H,6,13-14,34H2,1H3,(H,35,36). The van der Waals surface area contributed by atoms with E-state index in [1.54, 1.807) is 36.4 Å². The van der Waals surface area contributed by atoms with E-state index in [1.165, 1.54) is 13.2 Å². The molecule has 7 nitrogen and oxygen atoms in total. The topological polar surface area (TPSA) is 99.9 Å². The third kappa shape index (κ3) is 5.86. The first-order valence-corrected chi connectivity index (χ1v) is 13.1. The van der Waals surface area contributed by atoms with Crippen molar-refractivity contribution >= 4 is 50.7 Å². The number of hydrogen-bond donors (Lipinski definition) is 2. The van der Waals surface area contributed by atoms with E-state index >= 15 is 0 Å². The summed E-state index contributed by atoms with van der Waals surface area (Å²) >= 11 is 6.25. The molecule has 0 bridgehead atoms. The van der Waals surface area contributed by atoms with E-state index in [2.05, 4.69) is 5.32 Å². The maximum absolute atomic E-state index is 13.5. The van der Waals surface area contributed by atoms with Gasteiger partial charge in [0, 0.05) is 11.1 Å². The number of methoxy groups -OCH3 is 1. The Morgan fingerprint density at radius 3 is 2.00 bits per heavy atom. The predicted molar refractivity (Wildman–Crippen MR) is 158 cm³/mol. The molecule has 0 aromatic heterocycles. The summed E-state index contributed by atoms with van der Waals surface area (Å²) in [6.07, 6.45) is 0.629. The molecule has 0 saturated carbocycles. The highest BCUT2D eigenvalue weighted by Gasteiger charge is 2.21. The van der Waals surface area contributed by atoms with Crippen LogP contribution in [0.2, 0.25) is 5.02 Å². The van der Waals surface area contributed by atoms with Gasteiger partial charge in [-0.1, -0.05) is 60.1 Å². The number of ether oxygens (including phenoxy) is 3. The Hall–Kier alpha value is -4.59. The largest absolute Gasteiger partial charge is 0.496 e. The van der Waals surface area contributed by atoms with Crippen LogP contribution >= 0.6 is 11.6 Å². The van der Waals surface area contributed by atoms with Gasteiger partial charge in [0.2, 0.25) is 0 Å². The minimum absolute atomic E-state index is 0.0895. The fourth-order valence-electron chi connectivity index (χ4n) is 4.36. The summed E-state index contributed by atoms with van der Waals surface area (Å²) in [6, 6.07) is 27.0. The number of amides is 1. The molecule has 0 spiro atoms. The number of benzene rings is 5. The van der Waals surface area contributed by atoms with Gasteiger partial charge in [0.05, 0.1) is 25.0 Å². The number of fused-ring (bicyclic) bond motifs is 2. The van der Waals surface area contributed by atoms with Gasteiger partial charge in [-0.25, -0.2) is 4.79 Å². The molecule has 5 aromatic carbocycles. The highest BCUT2D eigenvalue weighted by molar-refractivity contribution is 6.31. The fourth-order valence-corrected chi connectivity index (χ4v) is 4.52. The minimum atomic E-state index is -0.658. The lowest BCUT2D eigenvalue weighted by atomic mass is 10.1. The zero-order valence-corrected chi connectivity index (χ0v) is 22.5. The van der Waals surface area contributed by atoms with Crippen LogP contribution in [-0.4, -0.2) is 32.1 Å². The van der Waals surface area contributed by atoms with Crippen LogP contribution in [0.5, 0.6) is 17.2 Å². The molecule has 0 aliphatic carbocycles. The second kappa shape index (κ2) is 12.1. The number of carbonyl (C=O) groups is 2. The maximum atomic E-state index is 13.5. The van der Waals surface area contributed by atoms with Crippen LogP contribution in [0.1, 0.15) is 27.1 Å². The molecule has 0 fully saturated rings. The van der Waals surface area contributed by atoms with Crippen LogP contribution in [0.4, 0.5) is 5.69 Å². The number of anilines is 1. The van der Waals surface area contributed by atoms with Gasteiger partial charge in [-0.3, -0.25) is 4.79 Å². The summed E-state index contributed by atoms with van der Waals surface area (Å²) in [5.41, 5.74) is 6.45. The monoisotopic (exact) mass is 554 g/mol. The number of rotatable bonds is 9. The SMILES string of the molecule is COc1cc2ccccc2cc1C(=O)Nc1ccc(Cl)cc1OC(=O)c1cc2ccccc2cc1OCCCN. The summed E-state index contributed by atoms with van der Waals surface area (Å²) in [6.45, 7) is 0.808. The van der Waals surface area contributed by atoms with Crippen molar-refractivity contribution in [2.45, 2.75) is 6.42 Å². The van der Waals surface area contributed by atoms with Gasteiger partial charge in [-0.05, 0) is 70.9 Å². The van der Waals surface area contributed by atoms with E-state index in [9.17, 15) is 9.59 Å². The fraction of sp³-hybridized carbons (Fsp3) is 0.125. The van der Waals surface area contributed by atoms with Crippen molar-refractivity contribution in [2.24, 2.45) is 5.73 Å². The Morgan fingerprint density at radius 1 is 0.775 bits per heavy atom. The number of esters is 1. The molecule has 40 heavy (non-hydrogen) atoms. The summed E-state index contributed by atoms with van der Waals surface area (Å²) in [4.78, 5) is 26.9. The smallest absolute Gasteiger partial charge is 0.347 e. The highest BCUT2D eigenvalue weighted by atomic mass is 35.5. The van der Waals surface area contributed by atoms with Crippen LogP contribution in [0.25, 0.3) is 21.5 Å². The molecule has 0 aliphatic heterocycles. The Labute approximate surface area is 236 Å². The Morgan fingerprint density at radius 2 is 1.38 bits per heavy atom. The second-order valence-electron chi connectivity index (χ2n) is 9.07. The van der Waals surface area contributed by atoms with Crippen LogP contribution in [-0.2, 0) is 0 Å². The van der Waals surface area contributed by atoms with Crippen molar-refractivity contribution in [1.29, 1.82) is 0 Å². The molecule has 8 heteroatoms. The highest BCUT2D eigenvalue weighted by Crippen LogP contribution is 2.33. The normalized spacial score (nSPS) is 10.9. The number of hydrogen-bond acceptors (Lipinski definition) is 6. The van der Waals surface area contributed by atoms with E-state index in [4.69, 9.17) is 31.5 Å². The lowest BCUT2D eigenvalue weighted by molar-refractivity contribution is 0.0730. The number of nitrogens with two attached hydrogens (primary N) is 1. The van der Waals surface area contributed by atoms with E-state index in [1.807, 2.05) is 48.5 Å². The molecule has 0 saturated heterocycles. The molecular weight excluding hydrogens is 528 g/mol. The third-order valence-electron chi connectivity index (χ3n) is 6.38. The van der Waals surface area contributed by atoms with Gasteiger partial charge in [0.25, 0.3) is 5.91 Å². The summed E-state index contributed by atoms with van der Waals surface area (Å²) in [7, 11) is 1.51. The first kappa shape index (κ1) is 27.0. The second-order valence-corrected chi connectivity index (χ2v) is 9.51. The summed E-state index contributed by atoms with van der Waals surface area (Å²) in [5.74, 6) is -0.204. The lowest BCUT2D eigenvalue weighted by Gasteiger charge is -2.16. The van der Waals surface area contributed by atoms with Gasteiger partial charge >= 0.3 is 5.97 Å².